The standard InChI is InChI=1S/C8H13NO3/c1-3-4-5-6(7(9)10)8(11)12-2/h3,6H,1,4-5H2,2H3,(H2,9,10). The van der Waals surface area contributed by atoms with Gasteiger partial charge in [0.1, 0.15) is 5.92 Å². The first-order valence-corrected chi connectivity index (χ1v) is 3.61. The number of allylic oxidation sites excluding steroid dienone is 1. The molecule has 12 heavy (non-hydrogen) atoms. The van der Waals surface area contributed by atoms with E-state index < -0.39 is 17.8 Å². The van der Waals surface area contributed by atoms with Crippen LogP contribution in [0.5, 0.6) is 0 Å². The van der Waals surface area contributed by atoms with Crippen LogP contribution >= 0.6 is 0 Å². The molecule has 0 rings (SSSR count). The van der Waals surface area contributed by atoms with Crippen LogP contribution in [-0.4, -0.2) is 19.0 Å². The normalized spacial score (nSPS) is 11.8. The first kappa shape index (κ1) is 10.7. The van der Waals surface area contributed by atoms with E-state index in [-0.39, 0.29) is 0 Å². The Bertz CT molecular complexity index is 189. The molecular weight excluding hydrogens is 158 g/mol. The van der Waals surface area contributed by atoms with Crippen molar-refractivity contribution < 1.29 is 14.3 Å². The van der Waals surface area contributed by atoms with Gasteiger partial charge in [0.25, 0.3) is 0 Å². The molecule has 0 aromatic rings. The van der Waals surface area contributed by atoms with Crippen molar-refractivity contribution in [3.8, 4) is 0 Å². The molecule has 0 aromatic heterocycles. The van der Waals surface area contributed by atoms with E-state index in [1.807, 2.05) is 0 Å². The van der Waals surface area contributed by atoms with E-state index in [9.17, 15) is 9.59 Å². The Kier molecular flexibility index (Phi) is 4.76. The molecule has 0 fully saturated rings. The number of hydrogen-bond acceptors (Lipinski definition) is 3. The Balaban J connectivity index is 4.12. The lowest BCUT2D eigenvalue weighted by molar-refractivity contribution is -0.149. The predicted molar refractivity (Wildman–Crippen MR) is 44.1 cm³/mol. The third kappa shape index (κ3) is 3.18. The Morgan fingerprint density at radius 3 is 2.58 bits per heavy atom. The van der Waals surface area contributed by atoms with Crippen LogP contribution in [-0.2, 0) is 14.3 Å². The molecule has 0 aromatic carbocycles. The van der Waals surface area contributed by atoms with Gasteiger partial charge in [0.15, 0.2) is 0 Å². The van der Waals surface area contributed by atoms with Crippen LogP contribution < -0.4 is 5.73 Å². The molecule has 0 spiro atoms. The molecule has 1 unspecified atom stereocenters. The van der Waals surface area contributed by atoms with E-state index in [1.165, 1.54) is 7.11 Å². The van der Waals surface area contributed by atoms with Crippen LogP contribution in [0.25, 0.3) is 0 Å². The minimum absolute atomic E-state index is 0.367. The van der Waals surface area contributed by atoms with Gasteiger partial charge in [-0.25, -0.2) is 0 Å². The zero-order valence-corrected chi connectivity index (χ0v) is 7.08. The fourth-order valence-electron chi connectivity index (χ4n) is 0.803. The molecule has 0 aliphatic heterocycles. The summed E-state index contributed by atoms with van der Waals surface area (Å²) in [5.41, 5.74) is 4.98. The Morgan fingerprint density at radius 1 is 1.67 bits per heavy atom. The fourth-order valence-corrected chi connectivity index (χ4v) is 0.803. The van der Waals surface area contributed by atoms with Gasteiger partial charge in [-0.05, 0) is 12.8 Å². The molecule has 4 nitrogen and oxygen atoms in total. The monoisotopic (exact) mass is 171 g/mol. The van der Waals surface area contributed by atoms with Gasteiger partial charge in [0, 0.05) is 0 Å². The largest absolute Gasteiger partial charge is 0.468 e. The number of ether oxygens (including phenoxy) is 1. The van der Waals surface area contributed by atoms with Crippen LogP contribution in [0.4, 0.5) is 0 Å². The molecule has 0 saturated carbocycles. The van der Waals surface area contributed by atoms with Gasteiger partial charge in [-0.2, -0.15) is 0 Å². The van der Waals surface area contributed by atoms with Gasteiger partial charge in [-0.1, -0.05) is 6.08 Å². The highest BCUT2D eigenvalue weighted by Gasteiger charge is 2.23. The summed E-state index contributed by atoms with van der Waals surface area (Å²) in [6, 6.07) is 0. The molecule has 0 radical (unpaired) electrons. The summed E-state index contributed by atoms with van der Waals surface area (Å²) < 4.78 is 4.40. The molecule has 1 amide bonds. The Morgan fingerprint density at radius 2 is 2.25 bits per heavy atom. The molecule has 68 valence electrons. The summed E-state index contributed by atoms with van der Waals surface area (Å²) in [5.74, 6) is -2.07. The maximum atomic E-state index is 10.9. The lowest BCUT2D eigenvalue weighted by Crippen LogP contribution is -2.31. The number of amides is 1. The molecule has 2 N–H and O–H groups in total. The summed E-state index contributed by atoms with van der Waals surface area (Å²) in [5, 5.41) is 0. The van der Waals surface area contributed by atoms with Crippen molar-refractivity contribution in [2.75, 3.05) is 7.11 Å². The number of hydrogen-bond donors (Lipinski definition) is 1. The minimum atomic E-state index is -0.840. The number of esters is 1. The average molecular weight is 171 g/mol. The molecule has 0 aliphatic rings. The van der Waals surface area contributed by atoms with Crippen molar-refractivity contribution >= 4 is 11.9 Å². The molecule has 0 heterocycles. The van der Waals surface area contributed by atoms with Crippen LogP contribution in [0.1, 0.15) is 12.8 Å². The summed E-state index contributed by atoms with van der Waals surface area (Å²) in [6.07, 6.45) is 2.56. The van der Waals surface area contributed by atoms with Gasteiger partial charge in [-0.3, -0.25) is 9.59 Å². The maximum Gasteiger partial charge on any atom is 0.318 e. The van der Waals surface area contributed by atoms with E-state index in [0.717, 1.165) is 0 Å². The first-order chi connectivity index (χ1) is 5.63. The van der Waals surface area contributed by atoms with Crippen LogP contribution in [0, 0.1) is 5.92 Å². The van der Waals surface area contributed by atoms with E-state index >= 15 is 0 Å². The molecular formula is C8H13NO3. The van der Waals surface area contributed by atoms with Crippen molar-refractivity contribution in [2.45, 2.75) is 12.8 Å². The summed E-state index contributed by atoms with van der Waals surface area (Å²) in [7, 11) is 1.23. The zero-order chi connectivity index (χ0) is 9.56. The number of rotatable bonds is 5. The highest BCUT2D eigenvalue weighted by Crippen LogP contribution is 2.07. The minimum Gasteiger partial charge on any atom is -0.468 e. The zero-order valence-electron chi connectivity index (χ0n) is 7.08. The number of primary amides is 1. The quantitative estimate of drug-likeness (QED) is 0.365. The second-order valence-corrected chi connectivity index (χ2v) is 2.34. The smallest absolute Gasteiger partial charge is 0.318 e. The summed E-state index contributed by atoms with van der Waals surface area (Å²) in [4.78, 5) is 21.6. The van der Waals surface area contributed by atoms with Gasteiger partial charge in [0.05, 0.1) is 7.11 Å². The van der Waals surface area contributed by atoms with E-state index in [2.05, 4.69) is 11.3 Å². The van der Waals surface area contributed by atoms with Crippen molar-refractivity contribution in [2.24, 2.45) is 11.7 Å². The van der Waals surface area contributed by atoms with E-state index in [4.69, 9.17) is 5.73 Å². The maximum absolute atomic E-state index is 10.9. The van der Waals surface area contributed by atoms with E-state index in [0.29, 0.717) is 12.8 Å². The predicted octanol–water partition coefficient (Wildman–Crippen LogP) is 0.227. The van der Waals surface area contributed by atoms with Crippen molar-refractivity contribution in [1.82, 2.24) is 0 Å². The van der Waals surface area contributed by atoms with Crippen molar-refractivity contribution in [3.05, 3.63) is 12.7 Å². The second-order valence-electron chi connectivity index (χ2n) is 2.34. The third-order valence-electron chi connectivity index (χ3n) is 1.49. The van der Waals surface area contributed by atoms with Gasteiger partial charge >= 0.3 is 5.97 Å². The van der Waals surface area contributed by atoms with Gasteiger partial charge < -0.3 is 10.5 Å². The Hall–Kier alpha value is -1.32. The summed E-state index contributed by atoms with van der Waals surface area (Å²) >= 11 is 0. The van der Waals surface area contributed by atoms with Gasteiger partial charge in [-0.15, -0.1) is 6.58 Å². The van der Waals surface area contributed by atoms with Crippen molar-refractivity contribution in [1.29, 1.82) is 0 Å². The lowest BCUT2D eigenvalue weighted by Gasteiger charge is -2.08. The summed E-state index contributed by atoms with van der Waals surface area (Å²) in [6.45, 7) is 3.47. The highest BCUT2D eigenvalue weighted by atomic mass is 16.5. The van der Waals surface area contributed by atoms with Crippen LogP contribution in [0.3, 0.4) is 0 Å². The Labute approximate surface area is 71.4 Å². The molecule has 0 aliphatic carbocycles. The fraction of sp³-hybridized carbons (Fsp3) is 0.500. The number of nitrogens with two attached hydrogens (primary N) is 1. The van der Waals surface area contributed by atoms with Crippen LogP contribution in [0.15, 0.2) is 12.7 Å². The van der Waals surface area contributed by atoms with E-state index in [1.54, 1.807) is 6.08 Å². The van der Waals surface area contributed by atoms with Crippen molar-refractivity contribution in [3.63, 3.8) is 0 Å². The van der Waals surface area contributed by atoms with Gasteiger partial charge in [0.2, 0.25) is 5.91 Å². The number of carbonyl (C=O) groups excluding carboxylic acids is 2. The molecule has 0 bridgehead atoms. The molecule has 4 heteroatoms. The second kappa shape index (κ2) is 5.35. The first-order valence-electron chi connectivity index (χ1n) is 3.61. The van der Waals surface area contributed by atoms with Crippen LogP contribution in [0.2, 0.25) is 0 Å². The average Bonchev–Trinajstić information content (AvgIpc) is 2.04. The molecule has 0 saturated heterocycles. The topological polar surface area (TPSA) is 69.4 Å². The number of methoxy groups -OCH3 is 1. The molecule has 1 atom stereocenters. The highest BCUT2D eigenvalue weighted by molar-refractivity contribution is 5.96. The SMILES string of the molecule is C=CCCC(C(N)=O)C(=O)OC. The number of carbonyl (C=O) groups is 2. The third-order valence-corrected chi connectivity index (χ3v) is 1.49. The lowest BCUT2D eigenvalue weighted by atomic mass is 10.0.